The van der Waals surface area contributed by atoms with E-state index in [0.29, 0.717) is 11.3 Å². The van der Waals surface area contributed by atoms with E-state index in [9.17, 15) is 22.8 Å². The van der Waals surface area contributed by atoms with Crippen LogP contribution in [0.4, 0.5) is 18.9 Å². The lowest BCUT2D eigenvalue weighted by Crippen LogP contribution is -2.18. The van der Waals surface area contributed by atoms with E-state index in [-0.39, 0.29) is 44.5 Å². The number of hydrogen-bond donors (Lipinski definition) is 2. The summed E-state index contributed by atoms with van der Waals surface area (Å²) in [6, 6.07) is 5.22. The lowest BCUT2D eigenvalue weighted by atomic mass is 10.1. The molecule has 5 aromatic rings. The average molecular weight is 608 g/mol. The van der Waals surface area contributed by atoms with Crippen LogP contribution in [0.25, 0.3) is 21.5 Å². The zero-order valence-electron chi connectivity index (χ0n) is 19.6. The maximum absolute atomic E-state index is 13.6. The lowest BCUT2D eigenvalue weighted by Gasteiger charge is -2.10. The number of aromatic nitrogens is 5. The Morgan fingerprint density at radius 3 is 2.61 bits per heavy atom. The molecule has 0 saturated carbocycles. The summed E-state index contributed by atoms with van der Waals surface area (Å²) in [5.74, 6) is -1.55. The van der Waals surface area contributed by atoms with Crippen LogP contribution in [0.2, 0.25) is 0 Å². The Morgan fingerprint density at radius 2 is 2.00 bits per heavy atom. The minimum absolute atomic E-state index is 0.000198. The van der Waals surface area contributed by atoms with Gasteiger partial charge in [-0.2, -0.15) is 23.4 Å². The summed E-state index contributed by atoms with van der Waals surface area (Å²) in [5, 5.41) is 11.4. The van der Waals surface area contributed by atoms with E-state index in [0.717, 1.165) is 21.9 Å². The molecule has 3 N–H and O–H groups in total. The molecule has 38 heavy (non-hydrogen) atoms. The van der Waals surface area contributed by atoms with Crippen molar-refractivity contribution in [2.75, 3.05) is 5.32 Å². The van der Waals surface area contributed by atoms with Gasteiger partial charge in [0.15, 0.2) is 5.69 Å². The molecule has 0 spiro atoms. The molecule has 0 aliphatic heterocycles. The number of thiophene rings is 1. The molecular weight excluding hydrogens is 591 g/mol. The average Bonchev–Trinajstić information content (AvgIpc) is 3.64. The van der Waals surface area contributed by atoms with E-state index in [1.807, 2.05) is 13.8 Å². The third kappa shape index (κ3) is 4.58. The van der Waals surface area contributed by atoms with Crippen LogP contribution in [0.15, 0.2) is 45.6 Å². The van der Waals surface area contributed by atoms with E-state index in [2.05, 4.69) is 36.4 Å². The molecule has 0 aliphatic carbocycles. The number of carbonyl (C=O) groups excluding carboxylic acids is 2. The number of nitrogens with two attached hydrogens (primary N) is 1. The first-order valence-corrected chi connectivity index (χ1v) is 12.5. The highest BCUT2D eigenvalue weighted by Crippen LogP contribution is 2.43. The van der Waals surface area contributed by atoms with Crippen LogP contribution < -0.4 is 11.1 Å². The second-order valence-corrected chi connectivity index (χ2v) is 9.99. The highest BCUT2D eigenvalue weighted by molar-refractivity contribution is 9.10. The van der Waals surface area contributed by atoms with Crippen molar-refractivity contribution in [2.24, 2.45) is 5.73 Å². The van der Waals surface area contributed by atoms with E-state index in [4.69, 9.17) is 10.2 Å². The van der Waals surface area contributed by atoms with Crippen molar-refractivity contribution in [3.05, 3.63) is 68.9 Å². The summed E-state index contributed by atoms with van der Waals surface area (Å²) in [6.45, 7) is 3.95. The lowest BCUT2D eigenvalue weighted by molar-refractivity contribution is -0.140. The molecule has 10 nitrogen and oxygen atoms in total. The molecule has 0 aromatic carbocycles. The minimum Gasteiger partial charge on any atom is -0.464 e. The topological polar surface area (TPSA) is 134 Å². The number of hydrogen-bond acceptors (Lipinski definition) is 7. The van der Waals surface area contributed by atoms with Crippen molar-refractivity contribution in [2.45, 2.75) is 26.7 Å². The number of fused-ring (bicyclic) bond motifs is 1. The number of aryl methyl sites for hydroxylation is 1. The summed E-state index contributed by atoms with van der Waals surface area (Å²) in [4.78, 5) is 28.8. The number of nitrogens with one attached hydrogen (secondary N) is 1. The maximum Gasteiger partial charge on any atom is 0.433 e. The van der Waals surface area contributed by atoms with Crippen molar-refractivity contribution in [3.8, 4) is 11.3 Å². The minimum atomic E-state index is -4.76. The third-order valence-electron chi connectivity index (χ3n) is 5.65. The second-order valence-electron chi connectivity index (χ2n) is 8.20. The van der Waals surface area contributed by atoms with Crippen LogP contribution in [0.3, 0.4) is 0 Å². The smallest absolute Gasteiger partial charge is 0.433 e. The Labute approximate surface area is 224 Å². The number of primary amides is 1. The van der Waals surface area contributed by atoms with Gasteiger partial charge in [0.05, 0.1) is 27.8 Å². The maximum atomic E-state index is 13.6. The van der Waals surface area contributed by atoms with E-state index in [1.54, 1.807) is 10.9 Å². The molecule has 15 heteroatoms. The fourth-order valence-electron chi connectivity index (χ4n) is 3.85. The monoisotopic (exact) mass is 607 g/mol. The first kappa shape index (κ1) is 25.7. The number of anilines is 1. The van der Waals surface area contributed by atoms with Crippen molar-refractivity contribution in [1.29, 1.82) is 0 Å². The highest BCUT2D eigenvalue weighted by atomic mass is 79.9. The number of alkyl halides is 3. The second kappa shape index (κ2) is 9.40. The summed E-state index contributed by atoms with van der Waals surface area (Å²) in [7, 11) is 0. The normalized spacial score (nSPS) is 11.8. The van der Waals surface area contributed by atoms with E-state index >= 15 is 0 Å². The molecule has 5 rings (SSSR count). The van der Waals surface area contributed by atoms with E-state index in [1.165, 1.54) is 29.1 Å². The Balaban J connectivity index is 1.55. The fraction of sp³-hybridized carbons (Fsp3) is 0.174. The van der Waals surface area contributed by atoms with Gasteiger partial charge in [0.1, 0.15) is 27.8 Å². The van der Waals surface area contributed by atoms with Gasteiger partial charge in [0.2, 0.25) is 0 Å². The predicted molar refractivity (Wildman–Crippen MR) is 136 cm³/mol. The van der Waals surface area contributed by atoms with Crippen molar-refractivity contribution in [1.82, 2.24) is 24.5 Å². The third-order valence-corrected chi connectivity index (χ3v) is 7.89. The Morgan fingerprint density at radius 1 is 1.24 bits per heavy atom. The predicted octanol–water partition coefficient (Wildman–Crippen LogP) is 5.20. The summed E-state index contributed by atoms with van der Waals surface area (Å²) < 4.78 is 50.1. The molecule has 0 unspecified atom stereocenters. The van der Waals surface area contributed by atoms with Gasteiger partial charge in [-0.15, -0.1) is 11.3 Å². The van der Waals surface area contributed by atoms with Gasteiger partial charge in [-0.05, 0) is 54.0 Å². The summed E-state index contributed by atoms with van der Waals surface area (Å²) >= 11 is 4.10. The number of halogens is 4. The first-order valence-electron chi connectivity index (χ1n) is 10.9. The zero-order valence-corrected chi connectivity index (χ0v) is 22.0. The van der Waals surface area contributed by atoms with Crippen molar-refractivity contribution in [3.63, 3.8) is 0 Å². The molecule has 0 saturated heterocycles. The van der Waals surface area contributed by atoms with Gasteiger partial charge < -0.3 is 15.5 Å². The molecular formula is C23H17BrF3N7O3S. The number of pyridine rings is 1. The number of carbonyl (C=O) groups is 2. The molecule has 0 atom stereocenters. The molecule has 0 radical (unpaired) electrons. The van der Waals surface area contributed by atoms with Gasteiger partial charge in [-0.3, -0.25) is 14.3 Å². The number of rotatable bonds is 6. The molecule has 5 aromatic heterocycles. The van der Waals surface area contributed by atoms with E-state index < -0.39 is 23.7 Å². The van der Waals surface area contributed by atoms with Crippen LogP contribution in [-0.4, -0.2) is 36.4 Å². The van der Waals surface area contributed by atoms with Gasteiger partial charge in [0.25, 0.3) is 11.8 Å². The van der Waals surface area contributed by atoms with Crippen LogP contribution in [0, 0.1) is 13.8 Å². The Kier molecular flexibility index (Phi) is 6.35. The zero-order chi connectivity index (χ0) is 27.4. The molecule has 0 fully saturated rings. The van der Waals surface area contributed by atoms with Crippen LogP contribution in [0.1, 0.15) is 37.2 Å². The van der Waals surface area contributed by atoms with Crippen LogP contribution >= 0.6 is 27.3 Å². The largest absolute Gasteiger partial charge is 0.464 e. The standard InChI is InChI=1S/C23H17BrF3N7O3S/c1-10-17(24)11(2)34(31-10)9-33-6-5-13(32-33)21(36)30-18-16-12(14-4-3-7-37-14)8-15(23(25,26)27)29-22(16)38-19(18)20(28)35/h3-8H,9H2,1-2H3,(H2,28,35)(H,30,36). The molecule has 0 bridgehead atoms. The molecule has 5 heterocycles. The Hall–Kier alpha value is -3.98. The number of nitrogens with zero attached hydrogens (tertiary/aromatic N) is 5. The van der Waals surface area contributed by atoms with Gasteiger partial charge in [-0.1, -0.05) is 0 Å². The van der Waals surface area contributed by atoms with Gasteiger partial charge in [0, 0.05) is 17.1 Å². The molecule has 196 valence electrons. The van der Waals surface area contributed by atoms with Gasteiger partial charge >= 0.3 is 6.18 Å². The number of furan rings is 1. The van der Waals surface area contributed by atoms with Crippen molar-refractivity contribution < 1.29 is 27.2 Å². The quantitative estimate of drug-likeness (QED) is 0.272. The van der Waals surface area contributed by atoms with Gasteiger partial charge in [-0.25, -0.2) is 9.67 Å². The van der Waals surface area contributed by atoms with Crippen LogP contribution in [-0.2, 0) is 12.8 Å². The van der Waals surface area contributed by atoms with Crippen molar-refractivity contribution >= 4 is 55.0 Å². The first-order chi connectivity index (χ1) is 17.9. The summed E-state index contributed by atoms with van der Waals surface area (Å²) in [6.07, 6.45) is -1.89. The molecule has 2 amide bonds. The summed E-state index contributed by atoms with van der Waals surface area (Å²) in [5.41, 5.74) is 5.92. The highest BCUT2D eigenvalue weighted by Gasteiger charge is 2.35. The van der Waals surface area contributed by atoms with Crippen LogP contribution in [0.5, 0.6) is 0 Å². The number of amides is 2. The molecule has 0 aliphatic rings. The fourth-order valence-corrected chi connectivity index (χ4v) is 5.14. The SMILES string of the molecule is Cc1nn(Cn2ccc(C(=O)Nc3c(C(N)=O)sc4nc(C(F)(F)F)cc(-c5ccco5)c34)n2)c(C)c1Br. The Bertz CT molecular complexity index is 1700.